The summed E-state index contributed by atoms with van der Waals surface area (Å²) in [6, 6.07) is 15.1. The van der Waals surface area contributed by atoms with Crippen molar-refractivity contribution in [2.24, 2.45) is 0 Å². The van der Waals surface area contributed by atoms with E-state index in [4.69, 9.17) is 11.6 Å². The zero-order valence-electron chi connectivity index (χ0n) is 19.1. The fourth-order valence-corrected chi connectivity index (χ4v) is 5.01. The highest BCUT2D eigenvalue weighted by Gasteiger charge is 2.28. The van der Waals surface area contributed by atoms with E-state index in [2.05, 4.69) is 20.5 Å². The zero-order chi connectivity index (χ0) is 23.7. The van der Waals surface area contributed by atoms with E-state index in [-0.39, 0.29) is 11.8 Å². The fraction of sp³-hybridized carbons (Fsp3) is 0.259. The quantitative estimate of drug-likeness (QED) is 0.442. The Morgan fingerprint density at radius 1 is 1.12 bits per heavy atom. The van der Waals surface area contributed by atoms with Crippen LogP contribution in [-0.4, -0.2) is 47.9 Å². The van der Waals surface area contributed by atoms with Crippen molar-refractivity contribution in [3.05, 3.63) is 76.1 Å². The van der Waals surface area contributed by atoms with E-state index in [1.807, 2.05) is 55.5 Å². The van der Waals surface area contributed by atoms with Crippen molar-refractivity contribution in [3.63, 3.8) is 0 Å². The smallest absolute Gasteiger partial charge is 0.256 e. The normalized spacial score (nSPS) is 16.6. The highest BCUT2D eigenvalue weighted by atomic mass is 35.5. The lowest BCUT2D eigenvalue weighted by molar-refractivity contribution is -0.110. The zero-order valence-corrected chi connectivity index (χ0v) is 19.8. The van der Waals surface area contributed by atoms with Crippen LogP contribution in [0.15, 0.2) is 48.5 Å². The minimum Gasteiger partial charge on any atom is -0.358 e. The van der Waals surface area contributed by atoms with Gasteiger partial charge in [-0.3, -0.25) is 9.59 Å². The summed E-state index contributed by atoms with van der Waals surface area (Å²) in [7, 11) is 0. The average molecular weight is 475 g/mol. The van der Waals surface area contributed by atoms with Gasteiger partial charge >= 0.3 is 0 Å². The van der Waals surface area contributed by atoms with Gasteiger partial charge in [0.1, 0.15) is 0 Å². The number of hydrogen-bond acceptors (Lipinski definition) is 3. The number of aromatic nitrogens is 1. The lowest BCUT2D eigenvalue weighted by Crippen LogP contribution is -2.33. The molecule has 3 aromatic rings. The Kier molecular flexibility index (Phi) is 6.26. The molecule has 1 saturated heterocycles. The third kappa shape index (κ3) is 4.39. The molecular weight excluding hydrogens is 448 g/mol. The van der Waals surface area contributed by atoms with E-state index in [1.165, 1.54) is 12.8 Å². The number of nitrogens with zero attached hydrogens (tertiary/aromatic N) is 1. The predicted molar refractivity (Wildman–Crippen MR) is 137 cm³/mol. The van der Waals surface area contributed by atoms with E-state index >= 15 is 0 Å². The number of amides is 2. The largest absolute Gasteiger partial charge is 0.358 e. The summed E-state index contributed by atoms with van der Waals surface area (Å²) in [6.45, 7) is 5.54. The number of carbonyl (C=O) groups is 2. The van der Waals surface area contributed by atoms with Crippen LogP contribution < -0.4 is 10.6 Å². The average Bonchev–Trinajstić information content (AvgIpc) is 3.54. The number of aromatic amines is 1. The second-order valence-corrected chi connectivity index (χ2v) is 9.21. The molecule has 2 aromatic carbocycles. The Labute approximate surface area is 204 Å². The maximum Gasteiger partial charge on any atom is 0.256 e. The minimum atomic E-state index is -0.206. The summed E-state index contributed by atoms with van der Waals surface area (Å²) in [6.07, 6.45) is 4.22. The Morgan fingerprint density at radius 3 is 2.68 bits per heavy atom. The number of carbonyl (C=O) groups excluding carboxylic acids is 2. The van der Waals surface area contributed by atoms with Crippen LogP contribution in [0.1, 0.15) is 40.2 Å². The second kappa shape index (κ2) is 9.49. The maximum absolute atomic E-state index is 13.0. The molecule has 5 rings (SSSR count). The van der Waals surface area contributed by atoms with E-state index < -0.39 is 0 Å². The van der Waals surface area contributed by atoms with Gasteiger partial charge < -0.3 is 20.5 Å². The number of rotatable bonds is 6. The lowest BCUT2D eigenvalue weighted by atomic mass is 9.94. The molecule has 0 unspecified atom stereocenters. The van der Waals surface area contributed by atoms with Crippen LogP contribution in [-0.2, 0) is 4.79 Å². The summed E-state index contributed by atoms with van der Waals surface area (Å²) in [4.78, 5) is 31.6. The van der Waals surface area contributed by atoms with Gasteiger partial charge in [0.05, 0.1) is 16.8 Å². The van der Waals surface area contributed by atoms with Gasteiger partial charge in [0.15, 0.2) is 0 Å². The van der Waals surface area contributed by atoms with Crippen molar-refractivity contribution >= 4 is 40.8 Å². The molecule has 1 fully saturated rings. The molecule has 7 heteroatoms. The van der Waals surface area contributed by atoms with E-state index in [0.29, 0.717) is 28.4 Å². The van der Waals surface area contributed by atoms with Gasteiger partial charge in [0.2, 0.25) is 0 Å². The Bertz CT molecular complexity index is 1290. The molecule has 0 bridgehead atoms. The Balaban J connectivity index is 1.47. The van der Waals surface area contributed by atoms with Crippen LogP contribution in [0, 0.1) is 6.92 Å². The van der Waals surface area contributed by atoms with Crippen LogP contribution >= 0.6 is 11.6 Å². The first kappa shape index (κ1) is 22.4. The molecule has 3 heterocycles. The molecule has 3 N–H and O–H groups in total. The number of benzene rings is 2. The number of likely N-dealkylation sites (tertiary alicyclic amines) is 1. The summed E-state index contributed by atoms with van der Waals surface area (Å²) >= 11 is 6.48. The molecule has 2 aliphatic heterocycles. The number of H-pyrrole nitrogens is 1. The van der Waals surface area contributed by atoms with Gasteiger partial charge in [-0.05, 0) is 62.7 Å². The third-order valence-electron chi connectivity index (χ3n) is 6.42. The molecule has 0 atom stereocenters. The van der Waals surface area contributed by atoms with Crippen LogP contribution in [0.4, 0.5) is 5.69 Å². The van der Waals surface area contributed by atoms with Gasteiger partial charge in [-0.1, -0.05) is 41.9 Å². The number of anilines is 1. The number of halogens is 1. The summed E-state index contributed by atoms with van der Waals surface area (Å²) in [5.41, 5.74) is 5.74. The standard InChI is InChI=1S/C27H27ClN4O2/c1-17-15-20(26(33)29-11-14-32-12-4-5-13-32)24(30-17)16-21-25-19(18-7-2-3-9-22(18)28)8-6-10-23(25)31-27(21)34/h2-3,6-10,15-16,30H,4-5,11-14H2,1H3,(H,29,33)(H,31,34). The molecule has 2 amide bonds. The van der Waals surface area contributed by atoms with Crippen molar-refractivity contribution in [2.75, 3.05) is 31.5 Å². The summed E-state index contributed by atoms with van der Waals surface area (Å²) in [5, 5.41) is 6.59. The molecular formula is C27H27ClN4O2. The molecule has 0 saturated carbocycles. The SMILES string of the molecule is Cc1cc(C(=O)NCCN2CCCC2)c(C=C2C(=O)Nc3cccc(-c4ccccc4Cl)c32)[nH]1. The molecule has 1 aromatic heterocycles. The first-order valence-electron chi connectivity index (χ1n) is 11.6. The first-order chi connectivity index (χ1) is 16.5. The molecule has 174 valence electrons. The van der Waals surface area contributed by atoms with Gasteiger partial charge in [0.25, 0.3) is 11.8 Å². The molecule has 6 nitrogen and oxygen atoms in total. The van der Waals surface area contributed by atoms with E-state index in [9.17, 15) is 9.59 Å². The predicted octanol–water partition coefficient (Wildman–Crippen LogP) is 4.96. The highest BCUT2D eigenvalue weighted by molar-refractivity contribution is 6.38. The van der Waals surface area contributed by atoms with E-state index in [1.54, 1.807) is 6.08 Å². The monoisotopic (exact) mass is 474 g/mol. The third-order valence-corrected chi connectivity index (χ3v) is 6.75. The van der Waals surface area contributed by atoms with E-state index in [0.717, 1.165) is 47.7 Å². The van der Waals surface area contributed by atoms with Gasteiger partial charge in [-0.15, -0.1) is 0 Å². The molecule has 34 heavy (non-hydrogen) atoms. The van der Waals surface area contributed by atoms with Crippen molar-refractivity contribution in [1.82, 2.24) is 15.2 Å². The van der Waals surface area contributed by atoms with Crippen LogP contribution in [0.25, 0.3) is 22.8 Å². The van der Waals surface area contributed by atoms with Crippen molar-refractivity contribution in [2.45, 2.75) is 19.8 Å². The Hall–Kier alpha value is -3.35. The van der Waals surface area contributed by atoms with Crippen LogP contribution in [0.5, 0.6) is 0 Å². The number of fused-ring (bicyclic) bond motifs is 1. The maximum atomic E-state index is 13.0. The molecule has 2 aliphatic rings. The van der Waals surface area contributed by atoms with Gasteiger partial charge in [-0.2, -0.15) is 0 Å². The van der Waals surface area contributed by atoms with Crippen molar-refractivity contribution in [1.29, 1.82) is 0 Å². The lowest BCUT2D eigenvalue weighted by Gasteiger charge is -2.14. The fourth-order valence-electron chi connectivity index (χ4n) is 4.78. The molecule has 0 radical (unpaired) electrons. The first-order valence-corrected chi connectivity index (χ1v) is 12.0. The molecule has 0 aliphatic carbocycles. The highest BCUT2D eigenvalue weighted by Crippen LogP contribution is 2.42. The van der Waals surface area contributed by atoms with Crippen molar-refractivity contribution in [3.8, 4) is 11.1 Å². The topological polar surface area (TPSA) is 77.2 Å². The van der Waals surface area contributed by atoms with Crippen molar-refractivity contribution < 1.29 is 9.59 Å². The Morgan fingerprint density at radius 2 is 1.88 bits per heavy atom. The van der Waals surface area contributed by atoms with Gasteiger partial charge in [-0.25, -0.2) is 0 Å². The van der Waals surface area contributed by atoms with Crippen LogP contribution in [0.3, 0.4) is 0 Å². The van der Waals surface area contributed by atoms with Gasteiger partial charge in [0, 0.05) is 40.6 Å². The minimum absolute atomic E-state index is 0.145. The number of aryl methyl sites for hydroxylation is 1. The second-order valence-electron chi connectivity index (χ2n) is 8.80. The summed E-state index contributed by atoms with van der Waals surface area (Å²) < 4.78 is 0. The molecule has 0 spiro atoms. The number of hydrogen-bond donors (Lipinski definition) is 3. The number of nitrogens with one attached hydrogen (secondary N) is 3. The summed E-state index contributed by atoms with van der Waals surface area (Å²) in [5.74, 6) is -0.351. The van der Waals surface area contributed by atoms with Crippen LogP contribution in [0.2, 0.25) is 5.02 Å².